The van der Waals surface area contributed by atoms with E-state index in [9.17, 15) is 14.7 Å². The number of nitrogens with zero attached hydrogens (tertiary/aromatic N) is 1. The van der Waals surface area contributed by atoms with Crippen LogP contribution >= 0.6 is 0 Å². The zero-order chi connectivity index (χ0) is 14.0. The van der Waals surface area contributed by atoms with Crippen LogP contribution in [-0.4, -0.2) is 40.1 Å². The van der Waals surface area contributed by atoms with Gasteiger partial charge >= 0.3 is 12.0 Å². The van der Waals surface area contributed by atoms with Crippen LogP contribution in [0.3, 0.4) is 0 Å². The molecular formula is C14H22N2O3. The van der Waals surface area contributed by atoms with Gasteiger partial charge in [-0.25, -0.2) is 9.59 Å². The van der Waals surface area contributed by atoms with Crippen molar-refractivity contribution in [2.24, 2.45) is 5.92 Å². The molecule has 5 heteroatoms. The third kappa shape index (κ3) is 2.74. The Kier molecular flexibility index (Phi) is 4.12. The summed E-state index contributed by atoms with van der Waals surface area (Å²) in [4.78, 5) is 25.2. The second kappa shape index (κ2) is 5.63. The van der Waals surface area contributed by atoms with Crippen molar-refractivity contribution in [3.8, 4) is 0 Å². The lowest BCUT2D eigenvalue weighted by molar-refractivity contribution is -0.141. The molecule has 0 aromatic heterocycles. The number of aliphatic carboxylic acids is 1. The number of urea groups is 1. The molecule has 2 N–H and O–H groups in total. The van der Waals surface area contributed by atoms with Gasteiger partial charge in [0.2, 0.25) is 0 Å². The quantitative estimate of drug-likeness (QED) is 0.767. The van der Waals surface area contributed by atoms with Gasteiger partial charge in [-0.15, -0.1) is 6.58 Å². The van der Waals surface area contributed by atoms with Gasteiger partial charge in [-0.1, -0.05) is 18.9 Å². The molecule has 2 fully saturated rings. The average molecular weight is 266 g/mol. The topological polar surface area (TPSA) is 69.6 Å². The Labute approximate surface area is 113 Å². The Morgan fingerprint density at radius 1 is 1.42 bits per heavy atom. The number of carboxylic acid groups (broad SMARTS) is 1. The highest BCUT2D eigenvalue weighted by Gasteiger charge is 2.47. The normalized spacial score (nSPS) is 31.4. The molecule has 4 unspecified atom stereocenters. The third-order valence-corrected chi connectivity index (χ3v) is 4.31. The first kappa shape index (κ1) is 13.9. The van der Waals surface area contributed by atoms with Crippen LogP contribution in [0.15, 0.2) is 12.7 Å². The minimum atomic E-state index is -0.893. The summed E-state index contributed by atoms with van der Waals surface area (Å²) in [7, 11) is 0. The summed E-state index contributed by atoms with van der Waals surface area (Å²) in [6.45, 7) is 5.45. The van der Waals surface area contributed by atoms with Gasteiger partial charge in [0.1, 0.15) is 6.04 Å². The maximum atomic E-state index is 12.3. The Bertz CT molecular complexity index is 383. The van der Waals surface area contributed by atoms with Gasteiger partial charge < -0.3 is 15.3 Å². The molecule has 1 aliphatic carbocycles. The smallest absolute Gasteiger partial charge is 0.326 e. The molecule has 0 spiro atoms. The van der Waals surface area contributed by atoms with E-state index in [0.717, 1.165) is 25.7 Å². The Balaban J connectivity index is 2.15. The molecule has 1 saturated carbocycles. The van der Waals surface area contributed by atoms with Gasteiger partial charge in [0.25, 0.3) is 0 Å². The molecule has 1 aliphatic heterocycles. The van der Waals surface area contributed by atoms with Crippen LogP contribution in [0.1, 0.15) is 39.0 Å². The largest absolute Gasteiger partial charge is 0.480 e. The number of carbonyl (C=O) groups is 2. The lowest BCUT2D eigenvalue weighted by Gasteiger charge is -2.33. The van der Waals surface area contributed by atoms with Crippen LogP contribution in [0.4, 0.5) is 4.79 Å². The Morgan fingerprint density at radius 2 is 2.11 bits per heavy atom. The molecule has 1 heterocycles. The molecule has 4 atom stereocenters. The van der Waals surface area contributed by atoms with E-state index in [4.69, 9.17) is 0 Å². The summed E-state index contributed by atoms with van der Waals surface area (Å²) < 4.78 is 0. The zero-order valence-corrected chi connectivity index (χ0v) is 11.3. The molecule has 2 rings (SSSR count). The van der Waals surface area contributed by atoms with Crippen molar-refractivity contribution in [2.45, 2.75) is 57.2 Å². The average Bonchev–Trinajstić information content (AvgIpc) is 2.78. The number of amides is 2. The van der Waals surface area contributed by atoms with E-state index < -0.39 is 12.0 Å². The highest BCUT2D eigenvalue weighted by Crippen LogP contribution is 2.39. The summed E-state index contributed by atoms with van der Waals surface area (Å²) in [6.07, 6.45) is 6.41. The van der Waals surface area contributed by atoms with E-state index in [1.165, 1.54) is 0 Å². The summed E-state index contributed by atoms with van der Waals surface area (Å²) in [5, 5.41) is 12.1. The number of hydrogen-bond acceptors (Lipinski definition) is 2. The van der Waals surface area contributed by atoms with Gasteiger partial charge in [0.15, 0.2) is 0 Å². The fraction of sp³-hybridized carbons (Fsp3) is 0.714. The van der Waals surface area contributed by atoms with Crippen molar-refractivity contribution in [1.82, 2.24) is 10.2 Å². The van der Waals surface area contributed by atoms with Crippen LogP contribution in [-0.2, 0) is 4.79 Å². The van der Waals surface area contributed by atoms with E-state index in [1.54, 1.807) is 11.0 Å². The first-order valence-electron chi connectivity index (χ1n) is 6.98. The lowest BCUT2D eigenvalue weighted by Crippen LogP contribution is -2.52. The summed E-state index contributed by atoms with van der Waals surface area (Å²) in [6, 6.07) is -1.00. The highest BCUT2D eigenvalue weighted by atomic mass is 16.4. The number of nitrogens with one attached hydrogen (secondary N) is 1. The highest BCUT2D eigenvalue weighted by molar-refractivity contribution is 5.84. The van der Waals surface area contributed by atoms with E-state index in [1.807, 2.05) is 6.92 Å². The van der Waals surface area contributed by atoms with Crippen LogP contribution in [0.25, 0.3) is 0 Å². The SMILES string of the molecule is C=CC(C)NC(=O)N1C(C(=O)O)CC2CCCCC21. The predicted molar refractivity (Wildman–Crippen MR) is 71.8 cm³/mol. The standard InChI is InChI=1S/C14H22N2O3/c1-3-9(2)15-14(19)16-11-7-5-4-6-10(11)8-12(16)13(17)18/h3,9-12H,1,4-8H2,2H3,(H,15,19)(H,17,18). The van der Waals surface area contributed by atoms with Crippen LogP contribution in [0.5, 0.6) is 0 Å². The summed E-state index contributed by atoms with van der Waals surface area (Å²) in [5.41, 5.74) is 0. The zero-order valence-electron chi connectivity index (χ0n) is 11.3. The number of fused-ring (bicyclic) bond motifs is 1. The molecule has 0 radical (unpaired) electrons. The maximum absolute atomic E-state index is 12.3. The van der Waals surface area contributed by atoms with Gasteiger partial charge in [0.05, 0.1) is 0 Å². The first-order valence-corrected chi connectivity index (χ1v) is 6.98. The lowest BCUT2D eigenvalue weighted by atomic mass is 9.85. The van der Waals surface area contributed by atoms with Crippen LogP contribution in [0.2, 0.25) is 0 Å². The van der Waals surface area contributed by atoms with E-state index in [2.05, 4.69) is 11.9 Å². The fourth-order valence-corrected chi connectivity index (χ4v) is 3.30. The molecule has 2 aliphatic rings. The second-order valence-corrected chi connectivity index (χ2v) is 5.58. The van der Waals surface area contributed by atoms with Gasteiger partial charge in [0, 0.05) is 12.1 Å². The molecule has 5 nitrogen and oxygen atoms in total. The molecule has 1 saturated heterocycles. The van der Waals surface area contributed by atoms with Crippen molar-refractivity contribution >= 4 is 12.0 Å². The number of carboxylic acids is 1. The second-order valence-electron chi connectivity index (χ2n) is 5.58. The minimum Gasteiger partial charge on any atom is -0.480 e. The van der Waals surface area contributed by atoms with Gasteiger partial charge in [-0.2, -0.15) is 0 Å². The molecule has 0 bridgehead atoms. The third-order valence-electron chi connectivity index (χ3n) is 4.31. The number of rotatable bonds is 3. The van der Waals surface area contributed by atoms with Crippen molar-refractivity contribution in [3.63, 3.8) is 0 Å². The van der Waals surface area contributed by atoms with Crippen molar-refractivity contribution < 1.29 is 14.7 Å². The number of likely N-dealkylation sites (tertiary alicyclic amines) is 1. The maximum Gasteiger partial charge on any atom is 0.326 e. The molecule has 0 aromatic rings. The van der Waals surface area contributed by atoms with Crippen LogP contribution < -0.4 is 5.32 Å². The molecule has 2 amide bonds. The van der Waals surface area contributed by atoms with Crippen molar-refractivity contribution in [3.05, 3.63) is 12.7 Å². The van der Waals surface area contributed by atoms with Gasteiger partial charge in [-0.05, 0) is 32.1 Å². The van der Waals surface area contributed by atoms with E-state index in [0.29, 0.717) is 12.3 Å². The minimum absolute atomic E-state index is 0.0897. The molecular weight excluding hydrogens is 244 g/mol. The predicted octanol–water partition coefficient (Wildman–Crippen LogP) is 1.99. The molecule has 106 valence electrons. The van der Waals surface area contributed by atoms with Crippen LogP contribution in [0, 0.1) is 5.92 Å². The monoisotopic (exact) mass is 266 g/mol. The Morgan fingerprint density at radius 3 is 2.74 bits per heavy atom. The van der Waals surface area contributed by atoms with E-state index in [-0.39, 0.29) is 18.1 Å². The summed E-state index contributed by atoms with van der Waals surface area (Å²) in [5.74, 6) is -0.546. The molecule has 19 heavy (non-hydrogen) atoms. The van der Waals surface area contributed by atoms with E-state index >= 15 is 0 Å². The Hall–Kier alpha value is -1.52. The number of carbonyl (C=O) groups excluding carboxylic acids is 1. The molecule has 0 aromatic carbocycles. The van der Waals surface area contributed by atoms with Crippen molar-refractivity contribution in [2.75, 3.05) is 0 Å². The van der Waals surface area contributed by atoms with Crippen molar-refractivity contribution in [1.29, 1.82) is 0 Å². The first-order chi connectivity index (χ1) is 9.04. The summed E-state index contributed by atoms with van der Waals surface area (Å²) >= 11 is 0. The van der Waals surface area contributed by atoms with Gasteiger partial charge in [-0.3, -0.25) is 0 Å². The number of hydrogen-bond donors (Lipinski definition) is 2. The fourth-order valence-electron chi connectivity index (χ4n) is 3.30.